The summed E-state index contributed by atoms with van der Waals surface area (Å²) in [5.41, 5.74) is 1.86. The van der Waals surface area contributed by atoms with Crippen LogP contribution in [0, 0.1) is 0 Å². The molecule has 3 N–H and O–H groups in total. The number of allylic oxidation sites excluding steroid dienone is 1. The van der Waals surface area contributed by atoms with Gasteiger partial charge in [-0.2, -0.15) is 4.98 Å². The summed E-state index contributed by atoms with van der Waals surface area (Å²) in [6.07, 6.45) is 11.8. The van der Waals surface area contributed by atoms with Gasteiger partial charge in [0.1, 0.15) is 5.69 Å². The number of anilines is 1. The summed E-state index contributed by atoms with van der Waals surface area (Å²) in [5.74, 6) is 0.278. The summed E-state index contributed by atoms with van der Waals surface area (Å²) in [7, 11) is 0. The van der Waals surface area contributed by atoms with Crippen molar-refractivity contribution in [1.82, 2.24) is 30.4 Å². The third kappa shape index (κ3) is 5.89. The third-order valence-electron chi connectivity index (χ3n) is 5.87. The Morgan fingerprint density at radius 1 is 1.28 bits per heavy atom. The minimum Gasteiger partial charge on any atom is -0.338 e. The van der Waals surface area contributed by atoms with Gasteiger partial charge < -0.3 is 10.2 Å². The number of urea groups is 1. The number of aromatic nitrogens is 4. The fourth-order valence-corrected chi connectivity index (χ4v) is 5.34. The molecule has 32 heavy (non-hydrogen) atoms. The van der Waals surface area contributed by atoms with E-state index in [2.05, 4.69) is 36.9 Å². The number of thiazole rings is 1. The van der Waals surface area contributed by atoms with Crippen LogP contribution in [0.3, 0.4) is 0 Å². The lowest BCUT2D eigenvalue weighted by Gasteiger charge is -2.31. The Kier molecular flexibility index (Phi) is 7.80. The molecule has 1 aliphatic carbocycles. The average molecular weight is 476 g/mol. The van der Waals surface area contributed by atoms with Gasteiger partial charge in [-0.1, -0.05) is 23.4 Å². The molecule has 1 fully saturated rings. The molecule has 0 aromatic carbocycles. The number of carbonyl (C=O) groups is 2. The van der Waals surface area contributed by atoms with E-state index in [1.54, 1.807) is 5.38 Å². The van der Waals surface area contributed by atoms with Crippen LogP contribution in [-0.2, 0) is 0 Å². The SMILES string of the molecule is CSc1n[nH]c(NC(=O)c2csc(C3CCN(C(=O)NCCC4=CCCCC4)CC3)n2)n1. The molecule has 2 aliphatic rings. The van der Waals surface area contributed by atoms with Crippen molar-refractivity contribution in [2.24, 2.45) is 0 Å². The largest absolute Gasteiger partial charge is 0.338 e. The van der Waals surface area contributed by atoms with Crippen LogP contribution in [0.15, 0.2) is 22.2 Å². The van der Waals surface area contributed by atoms with Gasteiger partial charge in [0.05, 0.1) is 5.01 Å². The number of H-pyrrole nitrogens is 1. The van der Waals surface area contributed by atoms with Gasteiger partial charge in [-0.15, -0.1) is 16.4 Å². The molecule has 2 aromatic heterocycles. The summed E-state index contributed by atoms with van der Waals surface area (Å²) in [6.45, 7) is 2.12. The summed E-state index contributed by atoms with van der Waals surface area (Å²) in [4.78, 5) is 35.5. The molecule has 1 saturated heterocycles. The molecule has 2 aromatic rings. The highest BCUT2D eigenvalue weighted by Crippen LogP contribution is 2.30. The Balaban J connectivity index is 1.22. The second kappa shape index (κ2) is 11.0. The van der Waals surface area contributed by atoms with Crippen LogP contribution < -0.4 is 10.6 Å². The molecule has 0 bridgehead atoms. The van der Waals surface area contributed by atoms with Crippen LogP contribution in [0.5, 0.6) is 0 Å². The van der Waals surface area contributed by atoms with Crippen molar-refractivity contribution in [3.8, 4) is 0 Å². The maximum absolute atomic E-state index is 12.5. The van der Waals surface area contributed by atoms with Crippen LogP contribution in [0.4, 0.5) is 10.7 Å². The predicted molar refractivity (Wildman–Crippen MR) is 126 cm³/mol. The second-order valence-corrected chi connectivity index (χ2v) is 9.71. The Morgan fingerprint density at radius 3 is 2.84 bits per heavy atom. The van der Waals surface area contributed by atoms with Crippen LogP contribution in [0.2, 0.25) is 0 Å². The first kappa shape index (κ1) is 22.8. The van der Waals surface area contributed by atoms with E-state index >= 15 is 0 Å². The lowest BCUT2D eigenvalue weighted by molar-refractivity contribution is 0.102. The van der Waals surface area contributed by atoms with E-state index in [9.17, 15) is 9.59 Å². The number of piperidine rings is 1. The molecule has 0 unspecified atom stereocenters. The number of rotatable bonds is 7. The first-order valence-electron chi connectivity index (χ1n) is 11.1. The van der Waals surface area contributed by atoms with Gasteiger partial charge in [0, 0.05) is 30.9 Å². The quantitative estimate of drug-likeness (QED) is 0.411. The second-order valence-electron chi connectivity index (χ2n) is 8.05. The topological polar surface area (TPSA) is 116 Å². The van der Waals surface area contributed by atoms with Gasteiger partial charge >= 0.3 is 6.03 Å². The Bertz CT molecular complexity index is 963. The molecule has 0 saturated carbocycles. The summed E-state index contributed by atoms with van der Waals surface area (Å²) < 4.78 is 0. The number of nitrogens with zero attached hydrogens (tertiary/aromatic N) is 4. The van der Waals surface area contributed by atoms with Crippen molar-refractivity contribution >= 4 is 41.0 Å². The number of likely N-dealkylation sites (tertiary alicyclic amines) is 1. The third-order valence-corrected chi connectivity index (χ3v) is 7.43. The molecule has 1 aliphatic heterocycles. The number of aromatic amines is 1. The molecule has 172 valence electrons. The van der Waals surface area contributed by atoms with Crippen LogP contribution >= 0.6 is 23.1 Å². The van der Waals surface area contributed by atoms with Gasteiger partial charge in [0.25, 0.3) is 5.91 Å². The first-order valence-corrected chi connectivity index (χ1v) is 13.2. The van der Waals surface area contributed by atoms with E-state index in [0.717, 1.165) is 24.3 Å². The van der Waals surface area contributed by atoms with E-state index in [0.29, 0.717) is 36.4 Å². The van der Waals surface area contributed by atoms with Gasteiger partial charge in [0.2, 0.25) is 11.1 Å². The fourth-order valence-electron chi connectivity index (χ4n) is 4.05. The molecular weight excluding hydrogens is 446 g/mol. The highest BCUT2D eigenvalue weighted by atomic mass is 32.2. The van der Waals surface area contributed by atoms with Crippen molar-refractivity contribution < 1.29 is 9.59 Å². The van der Waals surface area contributed by atoms with Crippen LogP contribution in [-0.4, -0.2) is 62.9 Å². The van der Waals surface area contributed by atoms with E-state index in [1.165, 1.54) is 54.4 Å². The zero-order valence-electron chi connectivity index (χ0n) is 18.2. The van der Waals surface area contributed by atoms with Gasteiger partial charge in [0.15, 0.2) is 0 Å². The number of carbonyl (C=O) groups excluding carboxylic acids is 2. The number of hydrogen-bond donors (Lipinski definition) is 3. The molecule has 0 radical (unpaired) electrons. The van der Waals surface area contributed by atoms with E-state index in [1.807, 2.05) is 11.2 Å². The van der Waals surface area contributed by atoms with Gasteiger partial charge in [-0.25, -0.2) is 14.9 Å². The first-order chi connectivity index (χ1) is 15.6. The minimum absolute atomic E-state index is 0.0238. The van der Waals surface area contributed by atoms with Crippen molar-refractivity contribution in [3.05, 3.63) is 27.7 Å². The molecule has 3 amide bonds. The molecule has 4 rings (SSSR count). The van der Waals surface area contributed by atoms with Crippen LogP contribution in [0.1, 0.15) is 66.4 Å². The standard InChI is InChI=1S/C21H29N7O2S2/c1-31-20-25-19(26-27-20)24-17(29)16-13-32-18(23-16)15-8-11-28(12-9-15)21(30)22-10-7-14-5-3-2-4-6-14/h5,13,15H,2-4,6-12H2,1H3,(H,22,30)(H2,24,25,26,27,29). The summed E-state index contributed by atoms with van der Waals surface area (Å²) >= 11 is 2.89. The van der Waals surface area contributed by atoms with Gasteiger partial charge in [-0.3, -0.25) is 10.1 Å². The van der Waals surface area contributed by atoms with E-state index in [-0.39, 0.29) is 17.9 Å². The molecule has 9 nitrogen and oxygen atoms in total. The van der Waals surface area contributed by atoms with Crippen molar-refractivity contribution in [2.45, 2.75) is 56.0 Å². The monoisotopic (exact) mass is 475 g/mol. The fraction of sp³-hybridized carbons (Fsp3) is 0.571. The minimum atomic E-state index is -0.304. The van der Waals surface area contributed by atoms with Crippen LogP contribution in [0.25, 0.3) is 0 Å². The zero-order chi connectivity index (χ0) is 22.3. The lowest BCUT2D eigenvalue weighted by Crippen LogP contribution is -2.44. The van der Waals surface area contributed by atoms with Gasteiger partial charge in [-0.05, 0) is 51.2 Å². The predicted octanol–water partition coefficient (Wildman–Crippen LogP) is 4.01. The number of nitrogens with one attached hydrogen (secondary N) is 3. The van der Waals surface area contributed by atoms with E-state index < -0.39 is 0 Å². The summed E-state index contributed by atoms with van der Waals surface area (Å²) in [6, 6.07) is 0.0238. The smallest absolute Gasteiger partial charge is 0.317 e. The number of amides is 3. The highest BCUT2D eigenvalue weighted by Gasteiger charge is 2.26. The molecule has 11 heteroatoms. The average Bonchev–Trinajstić information content (AvgIpc) is 3.50. The zero-order valence-corrected chi connectivity index (χ0v) is 19.9. The number of thioether (sulfide) groups is 1. The van der Waals surface area contributed by atoms with Crippen molar-refractivity contribution in [2.75, 3.05) is 31.2 Å². The Hall–Kier alpha value is -2.40. The molecular formula is C21H29N7O2S2. The maximum atomic E-state index is 12.5. The Labute approximate surface area is 195 Å². The molecule has 3 heterocycles. The van der Waals surface area contributed by atoms with E-state index in [4.69, 9.17) is 0 Å². The molecule has 0 atom stereocenters. The molecule has 0 spiro atoms. The van der Waals surface area contributed by atoms with Crippen molar-refractivity contribution in [3.63, 3.8) is 0 Å². The van der Waals surface area contributed by atoms with Crippen molar-refractivity contribution in [1.29, 1.82) is 0 Å². The summed E-state index contributed by atoms with van der Waals surface area (Å²) in [5, 5.41) is 15.7. The highest BCUT2D eigenvalue weighted by molar-refractivity contribution is 7.98. The Morgan fingerprint density at radius 2 is 2.12 bits per heavy atom. The maximum Gasteiger partial charge on any atom is 0.317 e. The normalized spacial score (nSPS) is 17.2. The lowest BCUT2D eigenvalue weighted by atomic mass is 9.97. The number of hydrogen-bond acceptors (Lipinski definition) is 7.